The van der Waals surface area contributed by atoms with Gasteiger partial charge in [0.05, 0.1) is 31.0 Å². The van der Waals surface area contributed by atoms with Gasteiger partial charge in [-0.25, -0.2) is 0 Å². The van der Waals surface area contributed by atoms with Crippen LogP contribution in [0.2, 0.25) is 0 Å². The number of aryl methyl sites for hydroxylation is 3. The predicted molar refractivity (Wildman–Crippen MR) is 95.9 cm³/mol. The fraction of sp³-hybridized carbons (Fsp3) is 0.579. The number of hydrogen-bond donors (Lipinski definition) is 0. The van der Waals surface area contributed by atoms with Crippen molar-refractivity contribution in [2.24, 2.45) is 0 Å². The van der Waals surface area contributed by atoms with Crippen molar-refractivity contribution in [2.45, 2.75) is 39.4 Å². The normalized spacial score (nSPS) is 21.5. The molecule has 0 spiro atoms. The molecule has 26 heavy (non-hydrogen) atoms. The number of carbonyl (C=O) groups excluding carboxylic acids is 1. The summed E-state index contributed by atoms with van der Waals surface area (Å²) >= 11 is 0. The molecule has 1 saturated heterocycles. The molecular formula is C19H26N4O3. The Kier molecular flexibility index (Phi) is 4.82. The molecule has 1 amide bonds. The average molecular weight is 358 g/mol. The average Bonchev–Trinajstić information content (AvgIpc) is 3.18. The molecule has 0 radical (unpaired) electrons. The van der Waals surface area contributed by atoms with E-state index in [4.69, 9.17) is 9.15 Å². The summed E-state index contributed by atoms with van der Waals surface area (Å²) < 4.78 is 13.1. The molecule has 2 aromatic heterocycles. The lowest BCUT2D eigenvalue weighted by molar-refractivity contribution is 0.0202. The van der Waals surface area contributed by atoms with Crippen molar-refractivity contribution in [1.29, 1.82) is 0 Å². The molecule has 1 atom stereocenters. The first kappa shape index (κ1) is 17.3. The lowest BCUT2D eigenvalue weighted by Crippen LogP contribution is -2.48. The molecule has 1 fully saturated rings. The van der Waals surface area contributed by atoms with Gasteiger partial charge in [-0.3, -0.25) is 14.4 Å². The lowest BCUT2D eigenvalue weighted by Gasteiger charge is -2.35. The summed E-state index contributed by atoms with van der Waals surface area (Å²) in [5.41, 5.74) is 1.75. The van der Waals surface area contributed by atoms with Crippen LogP contribution in [0.25, 0.3) is 0 Å². The van der Waals surface area contributed by atoms with E-state index in [0.29, 0.717) is 17.9 Å². The first-order valence-electron chi connectivity index (χ1n) is 9.30. The van der Waals surface area contributed by atoms with Gasteiger partial charge in [-0.05, 0) is 32.4 Å². The molecule has 7 heteroatoms. The summed E-state index contributed by atoms with van der Waals surface area (Å²) in [5, 5.41) is 4.41. The number of furan rings is 1. The molecule has 4 heterocycles. The second kappa shape index (κ2) is 7.25. The lowest BCUT2D eigenvalue weighted by atomic mass is 10.1. The van der Waals surface area contributed by atoms with Gasteiger partial charge in [0.1, 0.15) is 11.5 Å². The van der Waals surface area contributed by atoms with E-state index in [1.807, 2.05) is 41.8 Å². The van der Waals surface area contributed by atoms with Crippen LogP contribution >= 0.6 is 0 Å². The van der Waals surface area contributed by atoms with Gasteiger partial charge in [-0.2, -0.15) is 5.10 Å². The van der Waals surface area contributed by atoms with Gasteiger partial charge in [-0.1, -0.05) is 0 Å². The van der Waals surface area contributed by atoms with Gasteiger partial charge in [0.2, 0.25) is 0 Å². The molecule has 7 nitrogen and oxygen atoms in total. The highest BCUT2D eigenvalue weighted by molar-refractivity contribution is 5.95. The summed E-state index contributed by atoms with van der Waals surface area (Å²) in [6.07, 6.45) is 2.71. The van der Waals surface area contributed by atoms with Crippen LogP contribution in [0.15, 0.2) is 22.7 Å². The molecular weight excluding hydrogens is 332 g/mol. The van der Waals surface area contributed by atoms with E-state index >= 15 is 0 Å². The van der Waals surface area contributed by atoms with Crippen molar-refractivity contribution in [2.75, 3.05) is 32.8 Å². The molecule has 0 bridgehead atoms. The molecule has 2 aliphatic heterocycles. The van der Waals surface area contributed by atoms with Crippen LogP contribution in [0.1, 0.15) is 34.0 Å². The van der Waals surface area contributed by atoms with E-state index in [-0.39, 0.29) is 11.9 Å². The van der Waals surface area contributed by atoms with Crippen LogP contribution in [-0.4, -0.2) is 64.4 Å². The number of carbonyl (C=O) groups is 1. The minimum absolute atomic E-state index is 0.0484. The molecule has 0 aliphatic carbocycles. The number of morpholine rings is 1. The van der Waals surface area contributed by atoms with Crippen LogP contribution in [0.3, 0.4) is 0 Å². The Morgan fingerprint density at radius 2 is 2.08 bits per heavy atom. The van der Waals surface area contributed by atoms with Crippen LogP contribution in [0.5, 0.6) is 0 Å². The van der Waals surface area contributed by atoms with E-state index in [1.165, 1.54) is 0 Å². The number of ether oxygens (including phenoxy) is 1. The van der Waals surface area contributed by atoms with Crippen molar-refractivity contribution in [1.82, 2.24) is 19.6 Å². The van der Waals surface area contributed by atoms with Crippen LogP contribution in [0, 0.1) is 13.8 Å². The SMILES string of the molecule is Cc1cc(C(=O)N2Cc3ccnn3CC[C@@H]2CN2CCOCC2)c(C)o1. The van der Waals surface area contributed by atoms with Gasteiger partial charge in [0.25, 0.3) is 5.91 Å². The molecule has 0 unspecified atom stereocenters. The molecule has 2 aliphatic rings. The van der Waals surface area contributed by atoms with E-state index in [9.17, 15) is 4.79 Å². The number of hydrogen-bond acceptors (Lipinski definition) is 5. The molecule has 140 valence electrons. The van der Waals surface area contributed by atoms with Crippen molar-refractivity contribution in [3.8, 4) is 0 Å². The Hall–Kier alpha value is -2.12. The topological polar surface area (TPSA) is 63.7 Å². The number of fused-ring (bicyclic) bond motifs is 1. The smallest absolute Gasteiger partial charge is 0.258 e. The van der Waals surface area contributed by atoms with Gasteiger partial charge in [0.15, 0.2) is 0 Å². The van der Waals surface area contributed by atoms with E-state index < -0.39 is 0 Å². The zero-order valence-electron chi connectivity index (χ0n) is 15.5. The summed E-state index contributed by atoms with van der Waals surface area (Å²) in [6.45, 7) is 9.41. The molecule has 2 aromatic rings. The van der Waals surface area contributed by atoms with Crippen LogP contribution in [-0.2, 0) is 17.8 Å². The highest BCUT2D eigenvalue weighted by Gasteiger charge is 2.32. The van der Waals surface area contributed by atoms with Crippen molar-refractivity contribution < 1.29 is 13.9 Å². The van der Waals surface area contributed by atoms with E-state index in [1.54, 1.807) is 0 Å². The zero-order valence-corrected chi connectivity index (χ0v) is 15.5. The highest BCUT2D eigenvalue weighted by Crippen LogP contribution is 2.24. The summed E-state index contributed by atoms with van der Waals surface area (Å²) in [4.78, 5) is 17.8. The minimum atomic E-state index is 0.0484. The first-order chi connectivity index (χ1) is 12.6. The number of rotatable bonds is 3. The largest absolute Gasteiger partial charge is 0.466 e. The Labute approximate surface area is 153 Å². The van der Waals surface area contributed by atoms with Crippen LogP contribution in [0.4, 0.5) is 0 Å². The van der Waals surface area contributed by atoms with Gasteiger partial charge >= 0.3 is 0 Å². The molecule has 0 N–H and O–H groups in total. The molecule has 4 rings (SSSR count). The fourth-order valence-electron chi connectivity index (χ4n) is 3.93. The van der Waals surface area contributed by atoms with Gasteiger partial charge in [-0.15, -0.1) is 0 Å². The maximum absolute atomic E-state index is 13.4. The second-order valence-electron chi connectivity index (χ2n) is 7.16. The first-order valence-corrected chi connectivity index (χ1v) is 9.30. The monoisotopic (exact) mass is 358 g/mol. The summed E-state index contributed by atoms with van der Waals surface area (Å²) in [5.74, 6) is 1.51. The number of nitrogens with zero attached hydrogens (tertiary/aromatic N) is 4. The molecule has 0 aromatic carbocycles. The summed E-state index contributed by atoms with van der Waals surface area (Å²) in [7, 11) is 0. The Morgan fingerprint density at radius 1 is 1.27 bits per heavy atom. The number of amides is 1. The summed E-state index contributed by atoms with van der Waals surface area (Å²) in [6, 6.07) is 4.01. The fourth-order valence-corrected chi connectivity index (χ4v) is 3.93. The maximum Gasteiger partial charge on any atom is 0.258 e. The van der Waals surface area contributed by atoms with Crippen molar-refractivity contribution in [3.05, 3.63) is 41.1 Å². The highest BCUT2D eigenvalue weighted by atomic mass is 16.5. The van der Waals surface area contributed by atoms with Gasteiger partial charge < -0.3 is 14.1 Å². The Bertz CT molecular complexity index is 776. The quantitative estimate of drug-likeness (QED) is 0.838. The third kappa shape index (κ3) is 3.41. The van der Waals surface area contributed by atoms with Crippen molar-refractivity contribution >= 4 is 5.91 Å². The molecule has 0 saturated carbocycles. The minimum Gasteiger partial charge on any atom is -0.466 e. The Balaban J connectivity index is 1.60. The van der Waals surface area contributed by atoms with Gasteiger partial charge in [0, 0.05) is 38.4 Å². The van der Waals surface area contributed by atoms with Crippen LogP contribution < -0.4 is 0 Å². The van der Waals surface area contributed by atoms with Crippen molar-refractivity contribution in [3.63, 3.8) is 0 Å². The van der Waals surface area contributed by atoms with E-state index in [0.717, 1.165) is 57.3 Å². The van der Waals surface area contributed by atoms with E-state index in [2.05, 4.69) is 10.00 Å². The third-order valence-corrected chi connectivity index (χ3v) is 5.36. The Morgan fingerprint density at radius 3 is 2.81 bits per heavy atom. The maximum atomic E-state index is 13.4. The third-order valence-electron chi connectivity index (χ3n) is 5.36. The zero-order chi connectivity index (χ0) is 18.1. The predicted octanol–water partition coefficient (Wildman–Crippen LogP) is 1.84. The standard InChI is InChI=1S/C19H26N4O3/c1-14-11-18(15(2)26-14)19(24)22-13-17-3-5-20-23(17)6-4-16(22)12-21-7-9-25-10-8-21/h3,5,11,16H,4,6-10,12-13H2,1-2H3/t16-/m1/s1. The second-order valence-corrected chi connectivity index (χ2v) is 7.16. The number of aromatic nitrogens is 2.